The quantitative estimate of drug-likeness (QED) is 0.834. The summed E-state index contributed by atoms with van der Waals surface area (Å²) >= 11 is 1.76. The first-order valence-electron chi connectivity index (χ1n) is 6.39. The molecule has 98 valence electrons. The molecule has 0 bridgehead atoms. The lowest BCUT2D eigenvalue weighted by atomic mass is 10.2. The third-order valence-electron chi connectivity index (χ3n) is 3.01. The van der Waals surface area contributed by atoms with Crippen molar-refractivity contribution in [2.75, 3.05) is 13.2 Å². The summed E-state index contributed by atoms with van der Waals surface area (Å²) in [6.07, 6.45) is -0.196. The molecule has 1 aliphatic heterocycles. The minimum atomic E-state index is -0.196. The van der Waals surface area contributed by atoms with Crippen molar-refractivity contribution in [3.8, 4) is 0 Å². The molecule has 2 nitrogen and oxygen atoms in total. The summed E-state index contributed by atoms with van der Waals surface area (Å²) in [4.78, 5) is 2.46. The van der Waals surface area contributed by atoms with E-state index in [9.17, 15) is 0 Å². The zero-order valence-electron chi connectivity index (χ0n) is 10.8. The normalized spacial score (nSPS) is 15.8. The second kappa shape index (κ2) is 5.78. The third kappa shape index (κ3) is 3.18. The first-order chi connectivity index (χ1) is 9.31. The average Bonchev–Trinajstić information content (AvgIpc) is 2.96. The Hall–Kier alpha value is -1.29. The van der Waals surface area contributed by atoms with E-state index in [1.165, 1.54) is 15.4 Å². The zero-order chi connectivity index (χ0) is 13.1. The van der Waals surface area contributed by atoms with Crippen molar-refractivity contribution < 1.29 is 9.47 Å². The highest BCUT2D eigenvalue weighted by Gasteiger charge is 2.18. The van der Waals surface area contributed by atoms with E-state index in [1.807, 2.05) is 0 Å². The van der Waals surface area contributed by atoms with E-state index in [1.54, 1.807) is 11.8 Å². The molecule has 1 aliphatic rings. The van der Waals surface area contributed by atoms with Gasteiger partial charge in [0.25, 0.3) is 0 Å². The predicted molar refractivity (Wildman–Crippen MR) is 76.4 cm³/mol. The molecule has 1 heterocycles. The Morgan fingerprint density at radius 3 is 2.42 bits per heavy atom. The minimum absolute atomic E-state index is 0.196. The second-order valence-corrected chi connectivity index (χ2v) is 5.71. The van der Waals surface area contributed by atoms with Crippen LogP contribution in [0.3, 0.4) is 0 Å². The van der Waals surface area contributed by atoms with Gasteiger partial charge in [-0.3, -0.25) is 0 Å². The smallest absolute Gasteiger partial charge is 0.184 e. The molecule has 0 atom stereocenters. The lowest BCUT2D eigenvalue weighted by Gasteiger charge is -2.10. The van der Waals surface area contributed by atoms with Gasteiger partial charge in [-0.15, -0.1) is 0 Å². The Labute approximate surface area is 117 Å². The van der Waals surface area contributed by atoms with Gasteiger partial charge in [0.05, 0.1) is 13.2 Å². The third-order valence-corrected chi connectivity index (χ3v) is 4.01. The summed E-state index contributed by atoms with van der Waals surface area (Å²) < 4.78 is 11.1. The second-order valence-electron chi connectivity index (χ2n) is 4.56. The Morgan fingerprint density at radius 1 is 0.947 bits per heavy atom. The van der Waals surface area contributed by atoms with Crippen molar-refractivity contribution in [2.24, 2.45) is 0 Å². The number of benzene rings is 2. The summed E-state index contributed by atoms with van der Waals surface area (Å²) in [5.41, 5.74) is 2.38. The van der Waals surface area contributed by atoms with Crippen molar-refractivity contribution in [1.82, 2.24) is 0 Å². The molecule has 0 N–H and O–H groups in total. The standard InChI is InChI=1S/C16H16O2S/c1-12-5-7-14(8-6-12)19-15-4-2-3-13(11-15)16-17-9-10-18-16/h2-8,11,16H,9-10H2,1H3. The van der Waals surface area contributed by atoms with Gasteiger partial charge >= 0.3 is 0 Å². The van der Waals surface area contributed by atoms with Gasteiger partial charge in [-0.25, -0.2) is 0 Å². The SMILES string of the molecule is Cc1ccc(Sc2cccc(C3OCCO3)c2)cc1. The Bertz CT molecular complexity index is 545. The van der Waals surface area contributed by atoms with Gasteiger partial charge in [-0.2, -0.15) is 0 Å². The summed E-state index contributed by atoms with van der Waals surface area (Å²) in [7, 11) is 0. The van der Waals surface area contributed by atoms with Crippen LogP contribution in [-0.2, 0) is 9.47 Å². The van der Waals surface area contributed by atoms with E-state index in [0.29, 0.717) is 13.2 Å². The van der Waals surface area contributed by atoms with E-state index in [4.69, 9.17) is 9.47 Å². The number of ether oxygens (including phenoxy) is 2. The van der Waals surface area contributed by atoms with Gasteiger partial charge in [0.1, 0.15) is 0 Å². The Kier molecular flexibility index (Phi) is 3.87. The van der Waals surface area contributed by atoms with Crippen molar-refractivity contribution in [3.05, 3.63) is 59.7 Å². The number of rotatable bonds is 3. The van der Waals surface area contributed by atoms with Crippen LogP contribution in [0.4, 0.5) is 0 Å². The van der Waals surface area contributed by atoms with Crippen LogP contribution in [0.5, 0.6) is 0 Å². The Morgan fingerprint density at radius 2 is 1.68 bits per heavy atom. The molecule has 3 rings (SSSR count). The molecule has 2 aromatic rings. The molecule has 2 aromatic carbocycles. The molecule has 3 heteroatoms. The zero-order valence-corrected chi connectivity index (χ0v) is 11.7. The molecule has 1 saturated heterocycles. The van der Waals surface area contributed by atoms with Crippen LogP contribution in [-0.4, -0.2) is 13.2 Å². The van der Waals surface area contributed by atoms with Gasteiger partial charge in [-0.1, -0.05) is 41.6 Å². The fraction of sp³-hybridized carbons (Fsp3) is 0.250. The lowest BCUT2D eigenvalue weighted by molar-refractivity contribution is -0.0442. The van der Waals surface area contributed by atoms with Crippen molar-refractivity contribution >= 4 is 11.8 Å². The van der Waals surface area contributed by atoms with E-state index in [0.717, 1.165) is 5.56 Å². The van der Waals surface area contributed by atoms with Gasteiger partial charge in [-0.05, 0) is 31.2 Å². The van der Waals surface area contributed by atoms with Gasteiger partial charge in [0, 0.05) is 15.4 Å². The van der Waals surface area contributed by atoms with E-state index in [2.05, 4.69) is 55.5 Å². The van der Waals surface area contributed by atoms with Crippen LogP contribution in [0.1, 0.15) is 17.4 Å². The molecular weight excluding hydrogens is 256 g/mol. The van der Waals surface area contributed by atoms with E-state index in [-0.39, 0.29) is 6.29 Å². The van der Waals surface area contributed by atoms with Crippen LogP contribution < -0.4 is 0 Å². The van der Waals surface area contributed by atoms with Crippen molar-refractivity contribution in [2.45, 2.75) is 23.0 Å². The maximum absolute atomic E-state index is 5.53. The number of aryl methyl sites for hydroxylation is 1. The van der Waals surface area contributed by atoms with Gasteiger partial charge < -0.3 is 9.47 Å². The highest BCUT2D eigenvalue weighted by Crippen LogP contribution is 2.31. The fourth-order valence-electron chi connectivity index (χ4n) is 2.02. The monoisotopic (exact) mass is 272 g/mol. The predicted octanol–water partition coefficient (Wildman–Crippen LogP) is 4.19. The molecule has 0 amide bonds. The molecule has 0 unspecified atom stereocenters. The maximum atomic E-state index is 5.53. The summed E-state index contributed by atoms with van der Waals surface area (Å²) in [6, 6.07) is 16.9. The Balaban J connectivity index is 1.77. The van der Waals surface area contributed by atoms with E-state index < -0.39 is 0 Å². The fourth-order valence-corrected chi connectivity index (χ4v) is 2.90. The molecule has 1 fully saturated rings. The first-order valence-corrected chi connectivity index (χ1v) is 7.20. The lowest BCUT2D eigenvalue weighted by Crippen LogP contribution is -1.97. The molecule has 0 aliphatic carbocycles. The topological polar surface area (TPSA) is 18.5 Å². The highest BCUT2D eigenvalue weighted by atomic mass is 32.2. The first kappa shape index (κ1) is 12.7. The van der Waals surface area contributed by atoms with Gasteiger partial charge in [0.15, 0.2) is 6.29 Å². The molecule has 19 heavy (non-hydrogen) atoms. The molecule has 0 radical (unpaired) electrons. The van der Waals surface area contributed by atoms with Crippen molar-refractivity contribution in [3.63, 3.8) is 0 Å². The summed E-state index contributed by atoms with van der Waals surface area (Å²) in [5, 5.41) is 0. The molecule has 0 saturated carbocycles. The highest BCUT2D eigenvalue weighted by molar-refractivity contribution is 7.99. The molecule has 0 spiro atoms. The van der Waals surface area contributed by atoms with Crippen LogP contribution in [0.2, 0.25) is 0 Å². The van der Waals surface area contributed by atoms with Crippen LogP contribution >= 0.6 is 11.8 Å². The van der Waals surface area contributed by atoms with E-state index >= 15 is 0 Å². The van der Waals surface area contributed by atoms with Crippen LogP contribution in [0.15, 0.2) is 58.3 Å². The molecule has 0 aromatic heterocycles. The number of hydrogen-bond donors (Lipinski definition) is 0. The molecular formula is C16H16O2S. The van der Waals surface area contributed by atoms with Crippen molar-refractivity contribution in [1.29, 1.82) is 0 Å². The summed E-state index contributed by atoms with van der Waals surface area (Å²) in [5.74, 6) is 0. The average molecular weight is 272 g/mol. The number of hydrogen-bond acceptors (Lipinski definition) is 3. The summed E-state index contributed by atoms with van der Waals surface area (Å²) in [6.45, 7) is 3.46. The van der Waals surface area contributed by atoms with Gasteiger partial charge in [0.2, 0.25) is 0 Å². The van der Waals surface area contributed by atoms with Crippen LogP contribution in [0, 0.1) is 6.92 Å². The largest absolute Gasteiger partial charge is 0.346 e. The minimum Gasteiger partial charge on any atom is -0.346 e. The maximum Gasteiger partial charge on any atom is 0.184 e. The van der Waals surface area contributed by atoms with Crippen LogP contribution in [0.25, 0.3) is 0 Å².